The number of fused-ring (bicyclic) bond motifs is 7. The molecule has 2 fully saturated rings. The molecule has 4 aliphatic heterocycles. The first-order valence-corrected chi connectivity index (χ1v) is 31.3. The minimum absolute atomic E-state index is 0.0106. The SMILES string of the molecule is CCC1(O)C(=O)OCc2c1cc1n(c2=O)Cc2c-1nc1cc(F)c(C)c3c1c2C(NC(=O)C(C)NC(=O)C(C)NC(=O)C(C)NC(=O)CCOCCC(=O)N1CCC2(CCC(C(=O)NCCC(=O)N4Cc5ccccc5C#Cc5ccccc54)CC2)CC1)CC3. The molecule has 1 saturated heterocycles. The smallest absolute Gasteiger partial charge is 0.343 e. The van der Waals surface area contributed by atoms with E-state index in [1.165, 1.54) is 31.4 Å². The quantitative estimate of drug-likeness (QED) is 0.0368. The number of hydrogen-bond acceptors (Lipinski definition) is 13. The highest BCUT2D eigenvalue weighted by molar-refractivity contribution is 5.97. The number of likely N-dealkylation sites (tertiary alicyclic amines) is 1. The van der Waals surface area contributed by atoms with Gasteiger partial charge in [0.25, 0.3) is 5.56 Å². The van der Waals surface area contributed by atoms with E-state index in [2.05, 4.69) is 38.4 Å². The van der Waals surface area contributed by atoms with E-state index in [0.29, 0.717) is 71.5 Å². The van der Waals surface area contributed by atoms with Gasteiger partial charge in [-0.25, -0.2) is 14.2 Å². The van der Waals surface area contributed by atoms with Crippen LogP contribution in [-0.2, 0) is 79.5 Å². The molecule has 472 valence electrons. The standard InChI is InChI=1S/C68H76FN9O12/c1-6-68(88)49-33-54-60-47(36-78(54)65(86)48(49)37-90-66(68)87)59-51(18-17-46-38(2)50(69)34-52(74-60)58(46)59)75-63(84)41(5)73-62(83)40(4)72-61(82)39(3)71-55(79)22-31-89-32-23-56(80)76-29-26-67(27-30-76)24-19-44(20-25-67)64(85)70-28-21-57(81)77-35-45-13-8-7-11-42(45)15-16-43-12-9-10-14-53(43)77/h7-14,33-34,39-41,44,51,88H,6,17-32,35-37H2,1-5H3,(H,70,85)(H,71,79)(H,72,82)(H,73,83)(H,75,84). The van der Waals surface area contributed by atoms with E-state index in [-0.39, 0.29) is 98.8 Å². The van der Waals surface area contributed by atoms with Crippen LogP contribution < -0.4 is 37.0 Å². The second kappa shape index (κ2) is 26.0. The van der Waals surface area contributed by atoms with Crippen molar-refractivity contribution in [2.24, 2.45) is 11.3 Å². The molecule has 1 spiro atoms. The molecule has 6 aliphatic rings. The van der Waals surface area contributed by atoms with Crippen molar-refractivity contribution in [1.82, 2.24) is 41.0 Å². The van der Waals surface area contributed by atoms with Crippen LogP contribution in [0.5, 0.6) is 0 Å². The number of halogens is 1. The van der Waals surface area contributed by atoms with Crippen LogP contribution in [0.2, 0.25) is 0 Å². The summed E-state index contributed by atoms with van der Waals surface area (Å²) in [6.07, 6.45) is 5.90. The van der Waals surface area contributed by atoms with Gasteiger partial charge in [-0.2, -0.15) is 0 Å². The Morgan fingerprint density at radius 2 is 1.46 bits per heavy atom. The molecule has 5 atom stereocenters. The van der Waals surface area contributed by atoms with Gasteiger partial charge in [-0.3, -0.25) is 38.4 Å². The number of ether oxygens (including phenoxy) is 2. The zero-order valence-electron chi connectivity index (χ0n) is 51.4. The number of hydrogen-bond donors (Lipinski definition) is 6. The summed E-state index contributed by atoms with van der Waals surface area (Å²) in [5, 5.41) is 26.0. The number of piperidine rings is 1. The first-order valence-electron chi connectivity index (χ1n) is 31.3. The van der Waals surface area contributed by atoms with E-state index >= 15 is 4.39 Å². The summed E-state index contributed by atoms with van der Waals surface area (Å²) >= 11 is 0. The predicted octanol–water partition coefficient (Wildman–Crippen LogP) is 5.19. The van der Waals surface area contributed by atoms with Crippen LogP contribution in [0.25, 0.3) is 22.3 Å². The number of nitrogens with one attached hydrogen (secondary N) is 5. The zero-order chi connectivity index (χ0) is 63.8. The lowest BCUT2D eigenvalue weighted by Crippen LogP contribution is -2.54. The summed E-state index contributed by atoms with van der Waals surface area (Å²) in [5.41, 5.74) is 4.62. The maximum absolute atomic E-state index is 15.5. The molecule has 0 radical (unpaired) electrons. The number of benzene rings is 3. The summed E-state index contributed by atoms with van der Waals surface area (Å²) < 4.78 is 27.8. The number of pyridine rings is 2. The number of aryl methyl sites for hydroxylation is 1. The molecule has 11 rings (SSSR count). The van der Waals surface area contributed by atoms with E-state index in [0.717, 1.165) is 66.5 Å². The molecule has 3 aromatic carbocycles. The number of carbonyl (C=O) groups excluding carboxylic acids is 8. The zero-order valence-corrected chi connectivity index (χ0v) is 51.4. The molecule has 90 heavy (non-hydrogen) atoms. The number of aromatic nitrogens is 2. The lowest BCUT2D eigenvalue weighted by atomic mass is 9.65. The molecule has 7 amide bonds. The number of carbonyl (C=O) groups is 8. The largest absolute Gasteiger partial charge is 0.458 e. The average molecular weight is 1230 g/mol. The first-order chi connectivity index (χ1) is 43.2. The van der Waals surface area contributed by atoms with Crippen molar-refractivity contribution >= 4 is 63.9 Å². The molecule has 5 aromatic rings. The van der Waals surface area contributed by atoms with Gasteiger partial charge in [0.2, 0.25) is 41.4 Å². The Bertz CT molecular complexity index is 3890. The highest BCUT2D eigenvalue weighted by Crippen LogP contribution is 2.48. The van der Waals surface area contributed by atoms with E-state index < -0.39 is 70.7 Å². The van der Waals surface area contributed by atoms with Crippen LogP contribution in [-0.4, -0.2) is 118 Å². The highest BCUT2D eigenvalue weighted by atomic mass is 19.1. The minimum Gasteiger partial charge on any atom is -0.458 e. The van der Waals surface area contributed by atoms with Gasteiger partial charge in [-0.15, -0.1) is 0 Å². The van der Waals surface area contributed by atoms with E-state index in [1.54, 1.807) is 24.8 Å². The summed E-state index contributed by atoms with van der Waals surface area (Å²) in [7, 11) is 0. The first kappa shape index (κ1) is 62.8. The van der Waals surface area contributed by atoms with E-state index in [4.69, 9.17) is 14.5 Å². The number of para-hydroxylation sites is 1. The normalized spacial score (nSPS) is 19.5. The van der Waals surface area contributed by atoms with Gasteiger partial charge in [0, 0.05) is 72.1 Å². The topological polar surface area (TPSA) is 277 Å². The number of cyclic esters (lactones) is 1. The molecule has 6 N–H and O–H groups in total. The van der Waals surface area contributed by atoms with Crippen molar-refractivity contribution in [3.05, 3.63) is 127 Å². The van der Waals surface area contributed by atoms with Crippen molar-refractivity contribution in [2.45, 2.75) is 161 Å². The Morgan fingerprint density at radius 1 is 0.789 bits per heavy atom. The third-order valence-electron chi connectivity index (χ3n) is 19.3. The summed E-state index contributed by atoms with van der Waals surface area (Å²) in [6, 6.07) is 14.4. The molecule has 2 aliphatic carbocycles. The Labute approximate surface area is 520 Å². The van der Waals surface area contributed by atoms with Crippen molar-refractivity contribution < 1.29 is 57.3 Å². The van der Waals surface area contributed by atoms with Crippen LogP contribution in [0.15, 0.2) is 65.5 Å². The summed E-state index contributed by atoms with van der Waals surface area (Å²) in [5.74, 6) is 2.51. The molecule has 21 nitrogen and oxygen atoms in total. The van der Waals surface area contributed by atoms with Gasteiger partial charge in [-0.05, 0) is 137 Å². The molecule has 0 bridgehead atoms. The average Bonchev–Trinajstić information content (AvgIpc) is 1.48. The van der Waals surface area contributed by atoms with Gasteiger partial charge in [0.15, 0.2) is 5.60 Å². The molecule has 6 heterocycles. The fraction of sp³-hybridized carbons (Fsp3) is 0.471. The third-order valence-corrected chi connectivity index (χ3v) is 19.3. The molecule has 5 unspecified atom stereocenters. The molecular formula is C68H76FN9O12. The minimum atomic E-state index is -2.06. The number of esters is 1. The third kappa shape index (κ3) is 12.5. The van der Waals surface area contributed by atoms with Gasteiger partial charge < -0.3 is 55.5 Å². The Kier molecular flexibility index (Phi) is 18.1. The van der Waals surface area contributed by atoms with Crippen molar-refractivity contribution in [1.29, 1.82) is 0 Å². The van der Waals surface area contributed by atoms with Gasteiger partial charge in [0.05, 0.1) is 66.9 Å². The molecule has 22 heteroatoms. The van der Waals surface area contributed by atoms with Crippen LogP contribution in [0, 0.1) is 35.9 Å². The van der Waals surface area contributed by atoms with E-state index in [1.807, 2.05) is 53.4 Å². The van der Waals surface area contributed by atoms with Gasteiger partial charge in [-0.1, -0.05) is 49.1 Å². The fourth-order valence-electron chi connectivity index (χ4n) is 13.8. The van der Waals surface area contributed by atoms with Crippen LogP contribution >= 0.6 is 0 Å². The number of amides is 7. The van der Waals surface area contributed by atoms with Crippen molar-refractivity contribution in [3.8, 4) is 23.2 Å². The van der Waals surface area contributed by atoms with Crippen molar-refractivity contribution in [3.63, 3.8) is 0 Å². The fourth-order valence-corrected chi connectivity index (χ4v) is 13.8. The molecule has 1 saturated carbocycles. The monoisotopic (exact) mass is 1230 g/mol. The van der Waals surface area contributed by atoms with Crippen LogP contribution in [0.4, 0.5) is 10.1 Å². The Morgan fingerprint density at radius 3 is 2.19 bits per heavy atom. The van der Waals surface area contributed by atoms with Gasteiger partial charge >= 0.3 is 5.97 Å². The van der Waals surface area contributed by atoms with Crippen LogP contribution in [0.1, 0.15) is 154 Å². The Balaban J connectivity index is 0.580. The van der Waals surface area contributed by atoms with Crippen LogP contribution in [0.3, 0.4) is 0 Å². The number of rotatable bonds is 18. The Hall–Kier alpha value is -8.81. The lowest BCUT2D eigenvalue weighted by molar-refractivity contribution is -0.172. The summed E-state index contributed by atoms with van der Waals surface area (Å²) in [6.45, 7) is 9.40. The second-order valence-corrected chi connectivity index (χ2v) is 24.9. The van der Waals surface area contributed by atoms with Crippen molar-refractivity contribution in [2.75, 3.05) is 37.7 Å². The predicted molar refractivity (Wildman–Crippen MR) is 329 cm³/mol. The maximum atomic E-state index is 15.5. The maximum Gasteiger partial charge on any atom is 0.343 e. The number of aliphatic hydroxyl groups is 1. The van der Waals surface area contributed by atoms with E-state index in [9.17, 15) is 48.3 Å². The summed E-state index contributed by atoms with van der Waals surface area (Å²) in [4.78, 5) is 129. The number of nitrogens with zero attached hydrogens (tertiary/aromatic N) is 4. The molecular weight excluding hydrogens is 1150 g/mol. The number of anilines is 1. The molecule has 2 aromatic heterocycles. The highest BCUT2D eigenvalue weighted by Gasteiger charge is 2.47. The van der Waals surface area contributed by atoms with Gasteiger partial charge in [0.1, 0.15) is 30.5 Å². The second-order valence-electron chi connectivity index (χ2n) is 24.9. The lowest BCUT2D eigenvalue weighted by Gasteiger charge is -2.45.